The van der Waals surface area contributed by atoms with Gasteiger partial charge in [0.1, 0.15) is 5.69 Å². The van der Waals surface area contributed by atoms with Gasteiger partial charge in [0.15, 0.2) is 0 Å². The summed E-state index contributed by atoms with van der Waals surface area (Å²) in [5, 5.41) is 10.3. The van der Waals surface area contributed by atoms with Gasteiger partial charge in [0.25, 0.3) is 12.1 Å². The van der Waals surface area contributed by atoms with Crippen LogP contribution in [0.3, 0.4) is 0 Å². The number of halogens is 5. The molecule has 10 heteroatoms. The molecule has 1 rings (SSSR count). The number of hydrogen-bond acceptors (Lipinski definition) is 4. The van der Waals surface area contributed by atoms with Gasteiger partial charge in [0, 0.05) is 0 Å². The summed E-state index contributed by atoms with van der Waals surface area (Å²) < 4.78 is 61.6. The highest BCUT2D eigenvalue weighted by Crippen LogP contribution is 2.38. The van der Waals surface area contributed by atoms with Crippen LogP contribution in [-0.2, 0) is 6.18 Å². The lowest BCUT2D eigenvalue weighted by molar-refractivity contribution is -0.389. The monoisotopic (exact) mass is 257 g/mol. The molecular formula is C7H4F5N3O2. The molecule has 0 aromatic carbocycles. The predicted molar refractivity (Wildman–Crippen MR) is 45.3 cm³/mol. The molecule has 1 aromatic rings. The highest BCUT2D eigenvalue weighted by molar-refractivity contribution is 5.56. The minimum atomic E-state index is -5.22. The van der Waals surface area contributed by atoms with Crippen molar-refractivity contribution in [1.82, 2.24) is 4.98 Å². The van der Waals surface area contributed by atoms with E-state index in [-0.39, 0.29) is 6.07 Å². The fraction of sp³-hybridized carbons (Fsp3) is 0.286. The van der Waals surface area contributed by atoms with Crippen LogP contribution in [0.1, 0.15) is 17.7 Å². The van der Waals surface area contributed by atoms with E-state index in [2.05, 4.69) is 4.98 Å². The number of nitrogens with two attached hydrogens (primary N) is 1. The molecule has 2 N–H and O–H groups in total. The molecule has 0 aliphatic heterocycles. The average molecular weight is 257 g/mol. The number of anilines is 1. The highest BCUT2D eigenvalue weighted by Gasteiger charge is 2.43. The van der Waals surface area contributed by atoms with Gasteiger partial charge in [-0.1, -0.05) is 0 Å². The molecule has 0 saturated heterocycles. The second kappa shape index (κ2) is 4.11. The SMILES string of the molecule is Nc1cc(C(F)F)c(C(F)(F)F)nc1[N+](=O)[O-]. The molecule has 1 heterocycles. The molecule has 94 valence electrons. The fourth-order valence-corrected chi connectivity index (χ4v) is 1.08. The number of hydrogen-bond donors (Lipinski definition) is 1. The van der Waals surface area contributed by atoms with E-state index in [1.54, 1.807) is 0 Å². The zero-order valence-electron chi connectivity index (χ0n) is 7.83. The van der Waals surface area contributed by atoms with Gasteiger partial charge in [0.05, 0.1) is 5.56 Å². The van der Waals surface area contributed by atoms with E-state index >= 15 is 0 Å². The number of pyridine rings is 1. The zero-order valence-corrected chi connectivity index (χ0v) is 7.83. The van der Waals surface area contributed by atoms with Gasteiger partial charge in [-0.3, -0.25) is 0 Å². The molecule has 0 spiro atoms. The van der Waals surface area contributed by atoms with Crippen molar-refractivity contribution < 1.29 is 26.9 Å². The normalized spacial score (nSPS) is 11.9. The summed E-state index contributed by atoms with van der Waals surface area (Å²) in [6, 6.07) is 0.207. The van der Waals surface area contributed by atoms with Gasteiger partial charge in [-0.15, -0.1) is 0 Å². The van der Waals surface area contributed by atoms with Gasteiger partial charge < -0.3 is 15.8 Å². The second-order valence-electron chi connectivity index (χ2n) is 2.89. The maximum absolute atomic E-state index is 12.3. The van der Waals surface area contributed by atoms with Crippen molar-refractivity contribution in [2.24, 2.45) is 0 Å². The molecule has 0 radical (unpaired) electrons. The van der Waals surface area contributed by atoms with E-state index in [4.69, 9.17) is 5.73 Å². The Morgan fingerprint density at radius 1 is 1.41 bits per heavy atom. The van der Waals surface area contributed by atoms with E-state index in [1.165, 1.54) is 0 Å². The molecule has 0 unspecified atom stereocenters. The number of rotatable bonds is 2. The van der Waals surface area contributed by atoms with Crippen LogP contribution in [0.4, 0.5) is 33.5 Å². The van der Waals surface area contributed by atoms with E-state index < -0.39 is 40.3 Å². The Morgan fingerprint density at radius 3 is 2.29 bits per heavy atom. The molecule has 5 nitrogen and oxygen atoms in total. The summed E-state index contributed by atoms with van der Waals surface area (Å²) in [5.41, 5.74) is 0.627. The minimum absolute atomic E-state index is 0.207. The standard InChI is InChI=1S/C7H4F5N3O2/c8-5(9)2-1-3(13)6(15(16)17)14-4(2)7(10,11)12/h1,5H,13H2. The summed E-state index contributed by atoms with van der Waals surface area (Å²) >= 11 is 0. The first-order chi connectivity index (χ1) is 7.64. The minimum Gasteiger partial charge on any atom is -0.392 e. The van der Waals surface area contributed by atoms with E-state index in [0.717, 1.165) is 0 Å². The molecule has 0 saturated carbocycles. The van der Waals surface area contributed by atoms with Crippen molar-refractivity contribution in [3.63, 3.8) is 0 Å². The maximum atomic E-state index is 12.3. The summed E-state index contributed by atoms with van der Waals surface area (Å²) in [5.74, 6) is -1.30. The van der Waals surface area contributed by atoms with Gasteiger partial charge in [-0.2, -0.15) is 13.2 Å². The second-order valence-corrected chi connectivity index (χ2v) is 2.89. The zero-order chi connectivity index (χ0) is 13.4. The van der Waals surface area contributed by atoms with Crippen LogP contribution >= 0.6 is 0 Å². The van der Waals surface area contributed by atoms with Crippen molar-refractivity contribution in [3.8, 4) is 0 Å². The third kappa shape index (κ3) is 2.57. The first-order valence-electron chi connectivity index (χ1n) is 3.94. The number of nitrogens with zero attached hydrogens (tertiary/aromatic N) is 2. The van der Waals surface area contributed by atoms with Gasteiger partial charge in [-0.05, 0) is 16.0 Å². The number of nitrogen functional groups attached to an aromatic ring is 1. The van der Waals surface area contributed by atoms with Crippen LogP contribution in [0.2, 0.25) is 0 Å². The molecule has 0 atom stereocenters. The first-order valence-corrected chi connectivity index (χ1v) is 3.94. The lowest BCUT2D eigenvalue weighted by atomic mass is 10.1. The van der Waals surface area contributed by atoms with E-state index in [0.29, 0.717) is 0 Å². The average Bonchev–Trinajstić information content (AvgIpc) is 2.14. The maximum Gasteiger partial charge on any atom is 0.458 e. The lowest BCUT2D eigenvalue weighted by Gasteiger charge is -2.08. The van der Waals surface area contributed by atoms with Gasteiger partial charge >= 0.3 is 12.0 Å². The summed E-state index contributed by atoms with van der Waals surface area (Å²) in [6.07, 6.45) is -8.70. The van der Waals surface area contributed by atoms with Crippen LogP contribution in [-0.4, -0.2) is 9.91 Å². The van der Waals surface area contributed by atoms with Crippen LogP contribution in [0, 0.1) is 10.1 Å². The van der Waals surface area contributed by atoms with Crippen molar-refractivity contribution in [3.05, 3.63) is 27.4 Å². The predicted octanol–water partition coefficient (Wildman–Crippen LogP) is 2.53. The largest absolute Gasteiger partial charge is 0.458 e. The molecule has 17 heavy (non-hydrogen) atoms. The van der Waals surface area contributed by atoms with E-state index in [1.807, 2.05) is 0 Å². The van der Waals surface area contributed by atoms with Crippen LogP contribution in [0.5, 0.6) is 0 Å². The van der Waals surface area contributed by atoms with Crippen LogP contribution in [0.25, 0.3) is 0 Å². The number of alkyl halides is 5. The smallest absolute Gasteiger partial charge is 0.392 e. The molecule has 0 bridgehead atoms. The Hall–Kier alpha value is -2.00. The van der Waals surface area contributed by atoms with Gasteiger partial charge in [0.2, 0.25) is 0 Å². The third-order valence-corrected chi connectivity index (χ3v) is 1.74. The molecule has 0 fully saturated rings. The molecular weight excluding hydrogens is 253 g/mol. The van der Waals surface area contributed by atoms with Gasteiger partial charge in [-0.25, -0.2) is 8.78 Å². The summed E-state index contributed by atoms with van der Waals surface area (Å²) in [7, 11) is 0. The Bertz CT molecular complexity index is 460. The van der Waals surface area contributed by atoms with Crippen LogP contribution < -0.4 is 5.73 Å². The van der Waals surface area contributed by atoms with Crippen molar-refractivity contribution in [2.75, 3.05) is 5.73 Å². The molecule has 0 amide bonds. The lowest BCUT2D eigenvalue weighted by Crippen LogP contribution is -2.15. The first kappa shape index (κ1) is 13.1. The molecule has 0 aliphatic carbocycles. The number of aromatic nitrogens is 1. The van der Waals surface area contributed by atoms with Crippen molar-refractivity contribution in [1.29, 1.82) is 0 Å². The van der Waals surface area contributed by atoms with Crippen molar-refractivity contribution >= 4 is 11.5 Å². The van der Waals surface area contributed by atoms with Crippen molar-refractivity contribution in [2.45, 2.75) is 12.6 Å². The summed E-state index contributed by atoms with van der Waals surface area (Å²) in [4.78, 5) is 11.5. The topological polar surface area (TPSA) is 82.0 Å². The molecule has 0 aliphatic rings. The number of nitro groups is 1. The Balaban J connectivity index is 3.54. The Kier molecular flexibility index (Phi) is 3.16. The van der Waals surface area contributed by atoms with E-state index in [9.17, 15) is 32.1 Å². The summed E-state index contributed by atoms with van der Waals surface area (Å²) in [6.45, 7) is 0. The Morgan fingerprint density at radius 2 is 1.94 bits per heavy atom. The third-order valence-electron chi connectivity index (χ3n) is 1.74. The van der Waals surface area contributed by atoms with Crippen LogP contribution in [0.15, 0.2) is 6.07 Å². The Labute approximate surface area is 90.2 Å². The molecule has 1 aromatic heterocycles. The quantitative estimate of drug-likeness (QED) is 0.501. The fourth-order valence-electron chi connectivity index (χ4n) is 1.08. The highest BCUT2D eigenvalue weighted by atomic mass is 19.4.